The van der Waals surface area contributed by atoms with Crippen LogP contribution in [0.1, 0.15) is 17.5 Å². The number of nitrogens with one attached hydrogen (secondary N) is 3. The molecule has 0 saturated carbocycles. The molecule has 2 aromatic rings. The van der Waals surface area contributed by atoms with Crippen molar-refractivity contribution in [2.24, 2.45) is 4.99 Å². The van der Waals surface area contributed by atoms with Crippen molar-refractivity contribution >= 4 is 21.7 Å². The third-order valence-electron chi connectivity index (χ3n) is 5.15. The molecule has 1 saturated heterocycles. The van der Waals surface area contributed by atoms with Gasteiger partial charge in [0, 0.05) is 45.0 Å². The van der Waals surface area contributed by atoms with Crippen LogP contribution in [-0.2, 0) is 16.6 Å². The van der Waals surface area contributed by atoms with Crippen molar-refractivity contribution in [1.82, 2.24) is 15.4 Å². The van der Waals surface area contributed by atoms with Crippen molar-refractivity contribution in [2.75, 3.05) is 37.3 Å². The number of hydrogen-bond donors (Lipinski definition) is 3. The van der Waals surface area contributed by atoms with E-state index in [4.69, 9.17) is 0 Å². The van der Waals surface area contributed by atoms with Crippen molar-refractivity contribution in [1.29, 1.82) is 0 Å². The highest BCUT2D eigenvalue weighted by Gasteiger charge is 2.23. The highest BCUT2D eigenvalue weighted by atomic mass is 32.2. The zero-order valence-corrected chi connectivity index (χ0v) is 18.5. The zero-order valence-electron chi connectivity index (χ0n) is 17.6. The molecule has 162 valence electrons. The van der Waals surface area contributed by atoms with Crippen LogP contribution in [0.2, 0.25) is 0 Å². The fraction of sp³-hybridized carbons (Fsp3) is 0.409. The third kappa shape index (κ3) is 6.74. The molecule has 1 heterocycles. The summed E-state index contributed by atoms with van der Waals surface area (Å²) in [5, 5.41) is 6.52. The van der Waals surface area contributed by atoms with Crippen molar-refractivity contribution in [2.45, 2.75) is 25.9 Å². The van der Waals surface area contributed by atoms with Gasteiger partial charge in [0.15, 0.2) is 5.96 Å². The van der Waals surface area contributed by atoms with Crippen LogP contribution >= 0.6 is 0 Å². The Hall–Kier alpha value is -2.58. The summed E-state index contributed by atoms with van der Waals surface area (Å²) in [4.78, 5) is 6.58. The van der Waals surface area contributed by atoms with Crippen LogP contribution in [0.25, 0.3) is 0 Å². The van der Waals surface area contributed by atoms with Gasteiger partial charge < -0.3 is 15.5 Å². The summed E-state index contributed by atoms with van der Waals surface area (Å²) in [5.74, 6) is 0.616. The van der Waals surface area contributed by atoms with E-state index in [9.17, 15) is 8.42 Å². The predicted octanol–water partition coefficient (Wildman–Crippen LogP) is 1.86. The van der Waals surface area contributed by atoms with Gasteiger partial charge in [0.25, 0.3) is 0 Å². The Morgan fingerprint density at radius 2 is 1.87 bits per heavy atom. The number of anilines is 1. The summed E-state index contributed by atoms with van der Waals surface area (Å²) in [6.45, 7) is 4.55. The summed E-state index contributed by atoms with van der Waals surface area (Å²) in [6.07, 6.45) is 1.01. The van der Waals surface area contributed by atoms with Crippen LogP contribution < -0.4 is 20.3 Å². The van der Waals surface area contributed by atoms with E-state index >= 15 is 0 Å². The maximum atomic E-state index is 12.2. The van der Waals surface area contributed by atoms with E-state index in [2.05, 4.69) is 56.4 Å². The second-order valence-electron chi connectivity index (χ2n) is 7.54. The molecule has 30 heavy (non-hydrogen) atoms. The molecule has 0 amide bonds. The van der Waals surface area contributed by atoms with Gasteiger partial charge in [-0.1, -0.05) is 48.0 Å². The normalized spacial score (nSPS) is 17.2. The molecule has 0 spiro atoms. The Labute approximate surface area is 179 Å². The lowest BCUT2D eigenvalue weighted by atomic mass is 10.2. The van der Waals surface area contributed by atoms with E-state index in [0.29, 0.717) is 12.5 Å². The smallest absolute Gasteiger partial charge is 0.213 e. The molecule has 3 rings (SSSR count). The number of sulfonamides is 1. The van der Waals surface area contributed by atoms with Gasteiger partial charge in [-0.2, -0.15) is 0 Å². The van der Waals surface area contributed by atoms with Crippen molar-refractivity contribution < 1.29 is 8.42 Å². The molecule has 8 heteroatoms. The number of guanidine groups is 1. The van der Waals surface area contributed by atoms with E-state index in [0.717, 1.165) is 25.1 Å². The Bertz CT molecular complexity index is 930. The topological polar surface area (TPSA) is 85.8 Å². The third-order valence-corrected chi connectivity index (χ3v) is 6.48. The van der Waals surface area contributed by atoms with Gasteiger partial charge in [-0.25, -0.2) is 13.1 Å². The average Bonchev–Trinajstić information content (AvgIpc) is 3.21. The summed E-state index contributed by atoms with van der Waals surface area (Å²) in [5.41, 5.74) is 3.42. The van der Waals surface area contributed by atoms with Gasteiger partial charge in [0.05, 0.1) is 5.75 Å². The number of aryl methyl sites for hydroxylation is 1. The molecule has 0 aliphatic carbocycles. The first-order chi connectivity index (χ1) is 14.4. The van der Waals surface area contributed by atoms with E-state index in [1.807, 2.05) is 30.3 Å². The molecule has 0 aromatic heterocycles. The maximum absolute atomic E-state index is 12.2. The van der Waals surface area contributed by atoms with Crippen LogP contribution in [0.5, 0.6) is 0 Å². The number of aliphatic imine (C=N–C) groups is 1. The lowest BCUT2D eigenvalue weighted by Gasteiger charge is -2.20. The molecule has 3 N–H and O–H groups in total. The first kappa shape index (κ1) is 22.1. The Morgan fingerprint density at radius 1 is 1.13 bits per heavy atom. The predicted molar refractivity (Wildman–Crippen MR) is 123 cm³/mol. The van der Waals surface area contributed by atoms with Crippen molar-refractivity contribution in [3.8, 4) is 0 Å². The van der Waals surface area contributed by atoms with Gasteiger partial charge in [0.2, 0.25) is 10.0 Å². The quantitative estimate of drug-likeness (QED) is 0.441. The molecule has 0 bridgehead atoms. The summed E-state index contributed by atoms with van der Waals surface area (Å²) in [7, 11) is -1.66. The Kier molecular flexibility index (Phi) is 7.70. The zero-order chi connectivity index (χ0) is 21.4. The molecule has 2 aromatic carbocycles. The second kappa shape index (κ2) is 10.4. The van der Waals surface area contributed by atoms with Crippen LogP contribution in [0.15, 0.2) is 59.6 Å². The monoisotopic (exact) mass is 429 g/mol. The standard InChI is InChI=1S/C22H31N5O2S/c1-18-8-10-21(11-9-18)27-14-12-20(17-27)26-22(23-2)24-13-15-30(28,29)25-16-19-6-4-3-5-7-19/h3-11,20,25H,12-17H2,1-2H3,(H2,23,24,26). The molecule has 1 unspecified atom stereocenters. The van der Waals surface area contributed by atoms with Crippen LogP contribution in [0.4, 0.5) is 5.69 Å². The van der Waals surface area contributed by atoms with E-state index < -0.39 is 10.0 Å². The highest BCUT2D eigenvalue weighted by molar-refractivity contribution is 7.89. The molecule has 1 aliphatic heterocycles. The molecule has 1 aliphatic rings. The second-order valence-corrected chi connectivity index (χ2v) is 9.46. The van der Waals surface area contributed by atoms with Crippen LogP contribution in [-0.4, -0.2) is 52.9 Å². The fourth-order valence-corrected chi connectivity index (χ4v) is 4.32. The minimum Gasteiger partial charge on any atom is -0.369 e. The maximum Gasteiger partial charge on any atom is 0.213 e. The van der Waals surface area contributed by atoms with Gasteiger partial charge in [-0.15, -0.1) is 0 Å². The average molecular weight is 430 g/mol. The molecular formula is C22H31N5O2S. The first-order valence-electron chi connectivity index (χ1n) is 10.3. The minimum absolute atomic E-state index is 0.0132. The summed E-state index contributed by atoms with van der Waals surface area (Å²) < 4.78 is 27.1. The largest absolute Gasteiger partial charge is 0.369 e. The Balaban J connectivity index is 1.41. The van der Waals surface area contributed by atoms with E-state index in [-0.39, 0.29) is 18.3 Å². The van der Waals surface area contributed by atoms with Crippen LogP contribution in [0.3, 0.4) is 0 Å². The SMILES string of the molecule is CN=C(NCCS(=O)(=O)NCc1ccccc1)NC1CCN(c2ccc(C)cc2)C1. The molecular weight excluding hydrogens is 398 g/mol. The Morgan fingerprint density at radius 3 is 2.57 bits per heavy atom. The first-order valence-corrected chi connectivity index (χ1v) is 11.9. The number of hydrogen-bond acceptors (Lipinski definition) is 4. The lowest BCUT2D eigenvalue weighted by Crippen LogP contribution is -2.46. The number of rotatable bonds is 8. The molecule has 1 atom stereocenters. The lowest BCUT2D eigenvalue weighted by molar-refractivity contribution is 0.579. The van der Waals surface area contributed by atoms with Gasteiger partial charge in [-0.3, -0.25) is 4.99 Å². The van der Waals surface area contributed by atoms with E-state index in [1.54, 1.807) is 7.05 Å². The van der Waals surface area contributed by atoms with Crippen molar-refractivity contribution in [3.05, 3.63) is 65.7 Å². The molecule has 7 nitrogen and oxygen atoms in total. The molecule has 0 radical (unpaired) electrons. The fourth-order valence-electron chi connectivity index (χ4n) is 3.42. The summed E-state index contributed by atoms with van der Waals surface area (Å²) >= 11 is 0. The van der Waals surface area contributed by atoms with Crippen LogP contribution in [0, 0.1) is 6.92 Å². The van der Waals surface area contributed by atoms with Gasteiger partial charge >= 0.3 is 0 Å². The highest BCUT2D eigenvalue weighted by Crippen LogP contribution is 2.20. The van der Waals surface area contributed by atoms with Crippen molar-refractivity contribution in [3.63, 3.8) is 0 Å². The van der Waals surface area contributed by atoms with Gasteiger partial charge in [0.1, 0.15) is 0 Å². The molecule has 1 fully saturated rings. The van der Waals surface area contributed by atoms with E-state index in [1.165, 1.54) is 11.3 Å². The number of benzene rings is 2. The van der Waals surface area contributed by atoms with Gasteiger partial charge in [-0.05, 0) is 31.0 Å². The number of nitrogens with zero attached hydrogens (tertiary/aromatic N) is 2. The summed E-state index contributed by atoms with van der Waals surface area (Å²) in [6, 6.07) is 18.3. The minimum atomic E-state index is -3.36.